The standard InChI is InChI=1S/C30H25ClF2N6O/c1-2-34-21-15-39(16-21)29(40)17-6-9-20(10-7-17)37-30-36-14-18-13-35-28(26-24(32)4-3-5-25(26)33)23-12-19(31)8-11-22(23)27(18)38-30/h3-12,14,21,34H,2,13,15-16H2,1H3,(H,36,37,38). The van der Waals surface area contributed by atoms with Crippen LogP contribution in [0.15, 0.2) is 71.9 Å². The van der Waals surface area contributed by atoms with Crippen molar-refractivity contribution in [1.82, 2.24) is 20.2 Å². The number of hydrogen-bond acceptors (Lipinski definition) is 6. The predicted octanol–water partition coefficient (Wildman–Crippen LogP) is 5.60. The van der Waals surface area contributed by atoms with E-state index in [2.05, 4.69) is 27.5 Å². The largest absolute Gasteiger partial charge is 0.335 e. The molecule has 1 amide bonds. The van der Waals surface area contributed by atoms with Gasteiger partial charge in [-0.05, 0) is 55.1 Å². The summed E-state index contributed by atoms with van der Waals surface area (Å²) in [6.45, 7) is 4.48. The summed E-state index contributed by atoms with van der Waals surface area (Å²) in [5.41, 5.74) is 3.67. The highest BCUT2D eigenvalue weighted by atomic mass is 35.5. The Hall–Kier alpha value is -4.21. The van der Waals surface area contributed by atoms with Crippen LogP contribution in [0.5, 0.6) is 0 Å². The lowest BCUT2D eigenvalue weighted by Gasteiger charge is -2.39. The van der Waals surface area contributed by atoms with E-state index in [1.54, 1.807) is 48.7 Å². The predicted molar refractivity (Wildman–Crippen MR) is 151 cm³/mol. The smallest absolute Gasteiger partial charge is 0.253 e. The quantitative estimate of drug-likeness (QED) is 0.322. The van der Waals surface area contributed by atoms with Gasteiger partial charge in [0.25, 0.3) is 5.91 Å². The number of hydrogen-bond donors (Lipinski definition) is 2. The van der Waals surface area contributed by atoms with E-state index in [0.717, 1.165) is 6.54 Å². The zero-order chi connectivity index (χ0) is 27.8. The molecule has 1 saturated heterocycles. The summed E-state index contributed by atoms with van der Waals surface area (Å²) in [7, 11) is 0. The molecule has 0 radical (unpaired) electrons. The van der Waals surface area contributed by atoms with Crippen molar-refractivity contribution in [3.05, 3.63) is 106 Å². The van der Waals surface area contributed by atoms with Crippen LogP contribution >= 0.6 is 11.6 Å². The molecule has 0 saturated carbocycles. The maximum Gasteiger partial charge on any atom is 0.253 e. The first-order valence-electron chi connectivity index (χ1n) is 13.0. The van der Waals surface area contributed by atoms with Gasteiger partial charge in [-0.2, -0.15) is 0 Å². The molecule has 0 bridgehead atoms. The number of halogens is 3. The zero-order valence-corrected chi connectivity index (χ0v) is 22.3. The minimum absolute atomic E-state index is 0.000606. The average Bonchev–Trinajstić information content (AvgIpc) is 3.07. The highest BCUT2D eigenvalue weighted by molar-refractivity contribution is 6.31. The van der Waals surface area contributed by atoms with E-state index in [1.807, 2.05) is 4.90 Å². The van der Waals surface area contributed by atoms with Gasteiger partial charge in [-0.3, -0.25) is 9.79 Å². The van der Waals surface area contributed by atoms with E-state index in [-0.39, 0.29) is 23.7 Å². The molecule has 3 aromatic carbocycles. The van der Waals surface area contributed by atoms with Crippen LogP contribution in [0, 0.1) is 11.6 Å². The van der Waals surface area contributed by atoms with Crippen LogP contribution in [0.3, 0.4) is 0 Å². The van der Waals surface area contributed by atoms with Crippen molar-refractivity contribution in [3.63, 3.8) is 0 Å². The minimum atomic E-state index is -0.711. The topological polar surface area (TPSA) is 82.5 Å². The number of carbonyl (C=O) groups excluding carboxylic acids is 1. The van der Waals surface area contributed by atoms with E-state index in [9.17, 15) is 13.6 Å². The highest BCUT2D eigenvalue weighted by Gasteiger charge is 2.30. The molecule has 0 atom stereocenters. The van der Waals surface area contributed by atoms with Crippen LogP contribution < -0.4 is 10.6 Å². The Bertz CT molecular complexity index is 1620. The van der Waals surface area contributed by atoms with Crippen molar-refractivity contribution < 1.29 is 13.6 Å². The first kappa shape index (κ1) is 26.0. The summed E-state index contributed by atoms with van der Waals surface area (Å²) in [5, 5.41) is 6.93. The number of likely N-dealkylation sites (N-methyl/N-ethyl adjacent to an activating group) is 1. The number of nitrogens with one attached hydrogen (secondary N) is 2. The molecule has 0 unspecified atom stereocenters. The minimum Gasteiger partial charge on any atom is -0.335 e. The molecule has 3 heterocycles. The lowest BCUT2D eigenvalue weighted by Crippen LogP contribution is -2.59. The molecule has 0 aliphatic carbocycles. The number of anilines is 2. The highest BCUT2D eigenvalue weighted by Crippen LogP contribution is 2.34. The number of likely N-dealkylation sites (tertiary alicyclic amines) is 1. The fourth-order valence-corrected chi connectivity index (χ4v) is 5.16. The lowest BCUT2D eigenvalue weighted by molar-refractivity contribution is 0.0570. The maximum atomic E-state index is 14.8. The summed E-state index contributed by atoms with van der Waals surface area (Å²) in [6.07, 6.45) is 1.65. The molecule has 202 valence electrons. The molecule has 2 aliphatic heterocycles. The van der Waals surface area contributed by atoms with Gasteiger partial charge in [-0.1, -0.05) is 30.7 Å². The van der Waals surface area contributed by atoms with E-state index in [0.29, 0.717) is 63.7 Å². The van der Waals surface area contributed by atoms with Gasteiger partial charge in [-0.25, -0.2) is 18.7 Å². The fourth-order valence-electron chi connectivity index (χ4n) is 4.99. The third-order valence-electron chi connectivity index (χ3n) is 7.01. The van der Waals surface area contributed by atoms with Crippen molar-refractivity contribution in [2.24, 2.45) is 4.99 Å². The molecule has 40 heavy (non-hydrogen) atoms. The Morgan fingerprint density at radius 2 is 1.80 bits per heavy atom. The van der Waals surface area contributed by atoms with Gasteiger partial charge in [0.2, 0.25) is 5.95 Å². The summed E-state index contributed by atoms with van der Waals surface area (Å²) in [5.74, 6) is -1.09. The van der Waals surface area contributed by atoms with Gasteiger partial charge in [-0.15, -0.1) is 0 Å². The number of carbonyl (C=O) groups is 1. The fraction of sp³-hybridized carbons (Fsp3) is 0.200. The summed E-state index contributed by atoms with van der Waals surface area (Å²) >= 11 is 6.30. The normalized spacial score (nSPS) is 14.5. The number of aromatic nitrogens is 2. The number of aliphatic imine (C=N–C) groups is 1. The number of fused-ring (bicyclic) bond motifs is 3. The number of rotatable bonds is 6. The van der Waals surface area contributed by atoms with Gasteiger partial charge in [0.1, 0.15) is 11.6 Å². The Kier molecular flexibility index (Phi) is 7.00. The van der Waals surface area contributed by atoms with E-state index in [4.69, 9.17) is 16.6 Å². The monoisotopic (exact) mass is 558 g/mol. The van der Waals surface area contributed by atoms with Crippen molar-refractivity contribution in [2.45, 2.75) is 19.5 Å². The van der Waals surface area contributed by atoms with Crippen LogP contribution in [0.2, 0.25) is 5.02 Å². The van der Waals surface area contributed by atoms with Crippen LogP contribution in [0.25, 0.3) is 11.3 Å². The Morgan fingerprint density at radius 3 is 2.52 bits per heavy atom. The molecule has 2 N–H and O–H groups in total. The second-order valence-electron chi connectivity index (χ2n) is 9.69. The maximum absolute atomic E-state index is 14.8. The Labute approximate surface area is 235 Å². The Balaban J connectivity index is 1.27. The molecule has 4 aromatic rings. The molecule has 1 fully saturated rings. The number of amides is 1. The first-order valence-corrected chi connectivity index (χ1v) is 13.3. The third kappa shape index (κ3) is 4.94. The van der Waals surface area contributed by atoms with Gasteiger partial charge < -0.3 is 15.5 Å². The van der Waals surface area contributed by atoms with Crippen molar-refractivity contribution in [2.75, 3.05) is 25.0 Å². The molecular weight excluding hydrogens is 534 g/mol. The second-order valence-corrected chi connectivity index (χ2v) is 10.1. The van der Waals surface area contributed by atoms with Crippen LogP contribution in [0.1, 0.15) is 34.0 Å². The average molecular weight is 559 g/mol. The van der Waals surface area contributed by atoms with E-state index < -0.39 is 11.6 Å². The van der Waals surface area contributed by atoms with Crippen molar-refractivity contribution >= 4 is 34.9 Å². The van der Waals surface area contributed by atoms with Gasteiger partial charge in [0.15, 0.2) is 0 Å². The molecular formula is C30H25ClF2N6O. The molecule has 0 spiro atoms. The number of benzene rings is 3. The first-order chi connectivity index (χ1) is 19.4. The summed E-state index contributed by atoms with van der Waals surface area (Å²) in [6, 6.07) is 16.3. The van der Waals surface area contributed by atoms with E-state index >= 15 is 0 Å². The van der Waals surface area contributed by atoms with Crippen LogP contribution in [-0.4, -0.2) is 52.2 Å². The van der Waals surface area contributed by atoms with Crippen molar-refractivity contribution in [3.8, 4) is 11.3 Å². The number of nitrogens with zero attached hydrogens (tertiary/aromatic N) is 4. The molecule has 1 aromatic heterocycles. The molecule has 7 nitrogen and oxygen atoms in total. The lowest BCUT2D eigenvalue weighted by atomic mass is 9.95. The molecule has 6 rings (SSSR count). The SMILES string of the molecule is CCNC1CN(C(=O)c2ccc(Nc3ncc4c(n3)-c3ccc(Cl)cc3C(c3c(F)cccc3F)=NC4)cc2)C1. The zero-order valence-electron chi connectivity index (χ0n) is 21.6. The summed E-state index contributed by atoms with van der Waals surface area (Å²) < 4.78 is 29.5. The Morgan fingerprint density at radius 1 is 1.05 bits per heavy atom. The van der Waals surface area contributed by atoms with Crippen LogP contribution in [-0.2, 0) is 6.54 Å². The van der Waals surface area contributed by atoms with Gasteiger partial charge >= 0.3 is 0 Å². The second kappa shape index (κ2) is 10.7. The summed E-state index contributed by atoms with van der Waals surface area (Å²) in [4.78, 5) is 28.3. The molecule has 10 heteroatoms. The van der Waals surface area contributed by atoms with Gasteiger partial charge in [0.05, 0.1) is 23.5 Å². The van der Waals surface area contributed by atoms with Crippen molar-refractivity contribution in [1.29, 1.82) is 0 Å². The van der Waals surface area contributed by atoms with Gasteiger partial charge in [0, 0.05) is 58.3 Å². The molecule has 2 aliphatic rings. The third-order valence-corrected chi connectivity index (χ3v) is 7.25. The van der Waals surface area contributed by atoms with E-state index in [1.165, 1.54) is 18.2 Å². The van der Waals surface area contributed by atoms with Crippen LogP contribution in [0.4, 0.5) is 20.4 Å².